The Morgan fingerprint density at radius 2 is 1.20 bits per heavy atom. The zero-order valence-electron chi connectivity index (χ0n) is 17.4. The van der Waals surface area contributed by atoms with Crippen molar-refractivity contribution in [3.63, 3.8) is 0 Å². The van der Waals surface area contributed by atoms with Crippen molar-refractivity contribution in [1.82, 2.24) is 5.32 Å². The molecule has 150 valence electrons. The molecule has 25 heavy (non-hydrogen) atoms. The Hall–Kier alpha value is -0.650. The van der Waals surface area contributed by atoms with Gasteiger partial charge < -0.3 is 19.5 Å². The van der Waals surface area contributed by atoms with Gasteiger partial charge in [0.05, 0.1) is 33.0 Å². The number of carbonyl (C=O) groups excluding carboxylic acids is 1. The van der Waals surface area contributed by atoms with Gasteiger partial charge in [-0.25, -0.2) is 0 Å². The first-order valence-electron chi connectivity index (χ1n) is 9.60. The molecule has 0 aliphatic heterocycles. The molecule has 0 radical (unpaired) electrons. The molecule has 0 aromatic heterocycles. The SMILES string of the molecule is CC(C)(C)CCCNC(=O)CCOCCOCCOCCC(C)(C)C. The van der Waals surface area contributed by atoms with E-state index in [-0.39, 0.29) is 5.91 Å². The summed E-state index contributed by atoms with van der Waals surface area (Å²) in [7, 11) is 0. The van der Waals surface area contributed by atoms with Gasteiger partial charge in [-0.05, 0) is 30.1 Å². The zero-order chi connectivity index (χ0) is 19.2. The van der Waals surface area contributed by atoms with Gasteiger partial charge in [0.1, 0.15) is 0 Å². The maximum absolute atomic E-state index is 11.6. The summed E-state index contributed by atoms with van der Waals surface area (Å²) in [6, 6.07) is 0. The van der Waals surface area contributed by atoms with Crippen molar-refractivity contribution < 1.29 is 19.0 Å². The third-order valence-corrected chi connectivity index (χ3v) is 3.64. The van der Waals surface area contributed by atoms with Crippen LogP contribution in [0.25, 0.3) is 0 Å². The van der Waals surface area contributed by atoms with Crippen LogP contribution in [-0.4, -0.2) is 52.1 Å². The van der Waals surface area contributed by atoms with Gasteiger partial charge in [-0.15, -0.1) is 0 Å². The highest BCUT2D eigenvalue weighted by Gasteiger charge is 2.10. The summed E-state index contributed by atoms with van der Waals surface area (Å²) in [6.07, 6.45) is 3.59. The first-order chi connectivity index (χ1) is 11.6. The molecule has 0 atom stereocenters. The second-order valence-electron chi connectivity index (χ2n) is 8.91. The van der Waals surface area contributed by atoms with E-state index in [2.05, 4.69) is 46.9 Å². The molecule has 5 nitrogen and oxygen atoms in total. The van der Waals surface area contributed by atoms with E-state index in [4.69, 9.17) is 14.2 Å². The third-order valence-electron chi connectivity index (χ3n) is 3.64. The number of ether oxygens (including phenoxy) is 3. The van der Waals surface area contributed by atoms with E-state index in [0.29, 0.717) is 50.3 Å². The lowest BCUT2D eigenvalue weighted by molar-refractivity contribution is -0.122. The molecule has 0 rings (SSSR count). The van der Waals surface area contributed by atoms with Gasteiger partial charge in [-0.2, -0.15) is 0 Å². The van der Waals surface area contributed by atoms with Crippen LogP contribution in [0, 0.1) is 10.8 Å². The van der Waals surface area contributed by atoms with Crippen LogP contribution in [0.5, 0.6) is 0 Å². The number of amides is 1. The third kappa shape index (κ3) is 21.3. The summed E-state index contributed by atoms with van der Waals surface area (Å²) >= 11 is 0. The summed E-state index contributed by atoms with van der Waals surface area (Å²) in [6.45, 7) is 17.5. The minimum absolute atomic E-state index is 0.0575. The van der Waals surface area contributed by atoms with Crippen LogP contribution in [0.3, 0.4) is 0 Å². The Kier molecular flexibility index (Phi) is 13.2. The zero-order valence-corrected chi connectivity index (χ0v) is 17.4. The van der Waals surface area contributed by atoms with Crippen molar-refractivity contribution in [3.05, 3.63) is 0 Å². The molecule has 1 N–H and O–H groups in total. The molecule has 0 aromatic carbocycles. The van der Waals surface area contributed by atoms with Crippen LogP contribution >= 0.6 is 0 Å². The fourth-order valence-corrected chi connectivity index (χ4v) is 2.02. The van der Waals surface area contributed by atoms with Crippen molar-refractivity contribution in [2.45, 2.75) is 67.2 Å². The summed E-state index contributed by atoms with van der Waals surface area (Å²) < 4.78 is 16.4. The highest BCUT2D eigenvalue weighted by Crippen LogP contribution is 2.19. The summed E-state index contributed by atoms with van der Waals surface area (Å²) in [4.78, 5) is 11.6. The average molecular weight is 360 g/mol. The van der Waals surface area contributed by atoms with Gasteiger partial charge in [0.15, 0.2) is 0 Å². The lowest BCUT2D eigenvalue weighted by Crippen LogP contribution is -2.26. The molecule has 0 aliphatic carbocycles. The predicted molar refractivity (Wildman–Crippen MR) is 103 cm³/mol. The Balaban J connectivity index is 3.26. The van der Waals surface area contributed by atoms with Crippen molar-refractivity contribution in [2.75, 3.05) is 46.2 Å². The molecule has 0 spiro atoms. The lowest BCUT2D eigenvalue weighted by Gasteiger charge is -2.17. The molecule has 0 fully saturated rings. The molecule has 0 saturated heterocycles. The summed E-state index contributed by atoms with van der Waals surface area (Å²) in [5, 5.41) is 2.93. The molecule has 0 unspecified atom stereocenters. The maximum atomic E-state index is 11.6. The monoisotopic (exact) mass is 359 g/mol. The fraction of sp³-hybridized carbons (Fsp3) is 0.950. The quantitative estimate of drug-likeness (QED) is 0.479. The Labute approximate surface area is 155 Å². The van der Waals surface area contributed by atoms with Crippen LogP contribution in [0.4, 0.5) is 0 Å². The molecule has 0 aromatic rings. The largest absolute Gasteiger partial charge is 0.379 e. The van der Waals surface area contributed by atoms with Gasteiger partial charge in [0.25, 0.3) is 0 Å². The van der Waals surface area contributed by atoms with E-state index in [1.54, 1.807) is 0 Å². The van der Waals surface area contributed by atoms with E-state index < -0.39 is 0 Å². The summed E-state index contributed by atoms with van der Waals surface area (Å²) in [5.74, 6) is 0.0575. The fourth-order valence-electron chi connectivity index (χ4n) is 2.02. The molecule has 1 amide bonds. The molecule has 0 aliphatic rings. The summed E-state index contributed by atoms with van der Waals surface area (Å²) in [5.41, 5.74) is 0.638. The Bertz CT molecular complexity index is 332. The van der Waals surface area contributed by atoms with Gasteiger partial charge in [-0.1, -0.05) is 41.5 Å². The maximum Gasteiger partial charge on any atom is 0.222 e. The van der Waals surface area contributed by atoms with E-state index in [1.807, 2.05) is 0 Å². The van der Waals surface area contributed by atoms with Gasteiger partial charge in [0.2, 0.25) is 5.91 Å². The van der Waals surface area contributed by atoms with Crippen molar-refractivity contribution in [1.29, 1.82) is 0 Å². The molecule has 0 heterocycles. The van der Waals surface area contributed by atoms with Crippen LogP contribution in [0.2, 0.25) is 0 Å². The average Bonchev–Trinajstić information content (AvgIpc) is 2.47. The number of hydrogen-bond acceptors (Lipinski definition) is 4. The molecule has 5 heteroatoms. The number of rotatable bonds is 14. The van der Waals surface area contributed by atoms with Gasteiger partial charge >= 0.3 is 0 Å². The van der Waals surface area contributed by atoms with Crippen LogP contribution in [-0.2, 0) is 19.0 Å². The second-order valence-corrected chi connectivity index (χ2v) is 8.91. The highest BCUT2D eigenvalue weighted by molar-refractivity contribution is 5.75. The smallest absolute Gasteiger partial charge is 0.222 e. The van der Waals surface area contributed by atoms with Crippen molar-refractivity contribution in [3.8, 4) is 0 Å². The topological polar surface area (TPSA) is 56.8 Å². The lowest BCUT2D eigenvalue weighted by atomic mass is 9.91. The van der Waals surface area contributed by atoms with Gasteiger partial charge in [-0.3, -0.25) is 4.79 Å². The van der Waals surface area contributed by atoms with Crippen LogP contribution in [0.15, 0.2) is 0 Å². The van der Waals surface area contributed by atoms with E-state index >= 15 is 0 Å². The molecule has 0 bridgehead atoms. The van der Waals surface area contributed by atoms with Crippen LogP contribution < -0.4 is 5.32 Å². The van der Waals surface area contributed by atoms with Gasteiger partial charge in [0, 0.05) is 19.6 Å². The van der Waals surface area contributed by atoms with E-state index in [1.165, 1.54) is 0 Å². The Morgan fingerprint density at radius 3 is 1.72 bits per heavy atom. The molecular weight excluding hydrogens is 318 g/mol. The first-order valence-corrected chi connectivity index (χ1v) is 9.60. The van der Waals surface area contributed by atoms with E-state index in [9.17, 15) is 4.79 Å². The number of carbonyl (C=O) groups is 1. The number of nitrogens with one attached hydrogen (secondary N) is 1. The molecular formula is C20H41NO4. The normalized spacial score (nSPS) is 12.4. The second kappa shape index (κ2) is 13.5. The van der Waals surface area contributed by atoms with Crippen molar-refractivity contribution in [2.24, 2.45) is 10.8 Å². The van der Waals surface area contributed by atoms with Crippen molar-refractivity contribution >= 4 is 5.91 Å². The molecule has 0 saturated carbocycles. The minimum Gasteiger partial charge on any atom is -0.379 e. The predicted octanol–water partition coefficient (Wildman–Crippen LogP) is 3.81. The first kappa shape index (κ1) is 24.4. The standard InChI is InChI=1S/C20H41NO4/c1-19(2,3)9-7-11-21-18(22)8-12-23-14-16-25-17-15-24-13-10-20(4,5)6/h7-17H2,1-6H3,(H,21,22). The van der Waals surface area contributed by atoms with E-state index in [0.717, 1.165) is 32.4 Å². The van der Waals surface area contributed by atoms with Crippen LogP contribution in [0.1, 0.15) is 67.2 Å². The minimum atomic E-state index is 0.0575. The number of hydrogen-bond donors (Lipinski definition) is 1. The Morgan fingerprint density at radius 1 is 0.720 bits per heavy atom. The highest BCUT2D eigenvalue weighted by atomic mass is 16.5.